The minimum absolute atomic E-state index is 0.0583. The van der Waals surface area contributed by atoms with Gasteiger partial charge in [-0.15, -0.1) is 0 Å². The number of methoxy groups -OCH3 is 1. The molecular weight excluding hydrogens is 298 g/mol. The fraction of sp³-hybridized carbons (Fsp3) is 0.562. The number of aromatic amines is 1. The number of ketones is 1. The van der Waals surface area contributed by atoms with Crippen molar-refractivity contribution >= 4 is 17.7 Å². The van der Waals surface area contributed by atoms with E-state index in [9.17, 15) is 14.4 Å². The third-order valence-electron chi connectivity index (χ3n) is 4.29. The highest BCUT2D eigenvalue weighted by Crippen LogP contribution is 2.19. The zero-order chi connectivity index (χ0) is 17.1. The average Bonchev–Trinajstić information content (AvgIpc) is 2.82. The second-order valence-corrected chi connectivity index (χ2v) is 5.82. The number of amides is 1. The van der Waals surface area contributed by atoms with Gasteiger partial charge in [0.25, 0.3) is 0 Å². The van der Waals surface area contributed by atoms with Crippen LogP contribution in [0.5, 0.6) is 0 Å². The van der Waals surface area contributed by atoms with E-state index in [1.807, 2.05) is 4.90 Å². The van der Waals surface area contributed by atoms with Gasteiger partial charge >= 0.3 is 5.97 Å². The second kappa shape index (κ2) is 6.95. The Hall–Kier alpha value is -2.15. The van der Waals surface area contributed by atoms with Crippen molar-refractivity contribution in [1.82, 2.24) is 14.8 Å². The predicted molar refractivity (Wildman–Crippen MR) is 84.6 cm³/mol. The topological polar surface area (TPSA) is 82.7 Å². The van der Waals surface area contributed by atoms with Gasteiger partial charge < -0.3 is 14.6 Å². The van der Waals surface area contributed by atoms with Crippen molar-refractivity contribution in [2.75, 3.05) is 39.8 Å². The minimum atomic E-state index is -0.439. The molecule has 0 saturated carbocycles. The number of carbonyl (C=O) groups excluding carboxylic acids is 3. The lowest BCUT2D eigenvalue weighted by Gasteiger charge is -2.33. The number of aryl methyl sites for hydroxylation is 1. The molecule has 23 heavy (non-hydrogen) atoms. The lowest BCUT2D eigenvalue weighted by Crippen LogP contribution is -2.49. The van der Waals surface area contributed by atoms with Crippen molar-refractivity contribution in [1.29, 1.82) is 0 Å². The molecule has 7 nitrogen and oxygen atoms in total. The number of nitrogens with zero attached hydrogens (tertiary/aromatic N) is 2. The summed E-state index contributed by atoms with van der Waals surface area (Å²) in [4.78, 5) is 42.4. The Bertz CT molecular complexity index is 628. The van der Waals surface area contributed by atoms with Gasteiger partial charge in [-0.05, 0) is 19.4 Å². The summed E-state index contributed by atoms with van der Waals surface area (Å²) in [6.07, 6.45) is 0. The SMILES string of the molecule is COC(=O)c1c(C)[nH]c(C(=O)CN2CCN(C(C)=O)CC2)c1C. The van der Waals surface area contributed by atoms with Crippen molar-refractivity contribution in [3.63, 3.8) is 0 Å². The second-order valence-electron chi connectivity index (χ2n) is 5.82. The summed E-state index contributed by atoms with van der Waals surface area (Å²) in [6, 6.07) is 0. The van der Waals surface area contributed by atoms with Gasteiger partial charge in [0, 0.05) is 38.8 Å². The first-order valence-electron chi connectivity index (χ1n) is 7.63. The van der Waals surface area contributed by atoms with Crippen molar-refractivity contribution < 1.29 is 19.1 Å². The number of ether oxygens (including phenoxy) is 1. The number of Topliss-reactive ketones (excluding diaryl/α,β-unsaturated/α-hetero) is 1. The molecule has 7 heteroatoms. The van der Waals surface area contributed by atoms with Gasteiger partial charge in [0.15, 0.2) is 5.78 Å². The molecule has 1 aromatic rings. The van der Waals surface area contributed by atoms with Crippen LogP contribution in [0.25, 0.3) is 0 Å². The molecule has 1 aromatic heterocycles. The standard InChI is InChI=1S/C16H23N3O4/c1-10-14(16(22)23-4)11(2)17-15(10)13(21)9-18-5-7-19(8-6-18)12(3)20/h17H,5-9H2,1-4H3. The van der Waals surface area contributed by atoms with Crippen molar-refractivity contribution in [2.24, 2.45) is 0 Å². The fourth-order valence-corrected chi connectivity index (χ4v) is 2.94. The molecule has 0 bridgehead atoms. The number of H-pyrrole nitrogens is 1. The molecule has 2 rings (SSSR count). The highest BCUT2D eigenvalue weighted by atomic mass is 16.5. The summed E-state index contributed by atoms with van der Waals surface area (Å²) in [5.41, 5.74) is 2.15. The minimum Gasteiger partial charge on any atom is -0.465 e. The van der Waals surface area contributed by atoms with Crippen LogP contribution in [0.2, 0.25) is 0 Å². The van der Waals surface area contributed by atoms with Gasteiger partial charge in [-0.25, -0.2) is 4.79 Å². The van der Waals surface area contributed by atoms with Crippen LogP contribution in [0.1, 0.15) is 39.0 Å². The monoisotopic (exact) mass is 321 g/mol. The van der Waals surface area contributed by atoms with Gasteiger partial charge in [-0.2, -0.15) is 0 Å². The number of nitrogens with one attached hydrogen (secondary N) is 1. The van der Waals surface area contributed by atoms with E-state index in [-0.39, 0.29) is 18.2 Å². The number of piperazine rings is 1. The van der Waals surface area contributed by atoms with Crippen LogP contribution in [-0.4, -0.2) is 72.3 Å². The van der Waals surface area contributed by atoms with Crippen molar-refractivity contribution in [2.45, 2.75) is 20.8 Å². The van der Waals surface area contributed by atoms with Crippen LogP contribution in [0.3, 0.4) is 0 Å². The Morgan fingerprint density at radius 3 is 2.26 bits per heavy atom. The molecule has 0 spiro atoms. The first-order chi connectivity index (χ1) is 10.8. The highest BCUT2D eigenvalue weighted by molar-refractivity contribution is 6.02. The van der Waals surface area contributed by atoms with Crippen LogP contribution in [0.15, 0.2) is 0 Å². The Morgan fingerprint density at radius 2 is 1.74 bits per heavy atom. The number of hydrogen-bond donors (Lipinski definition) is 1. The van der Waals surface area contributed by atoms with Gasteiger partial charge in [0.2, 0.25) is 5.91 Å². The third-order valence-corrected chi connectivity index (χ3v) is 4.29. The first kappa shape index (κ1) is 17.2. The highest BCUT2D eigenvalue weighted by Gasteiger charge is 2.25. The lowest BCUT2D eigenvalue weighted by molar-refractivity contribution is -0.130. The molecule has 126 valence electrons. The van der Waals surface area contributed by atoms with Gasteiger partial charge in [-0.3, -0.25) is 14.5 Å². The fourth-order valence-electron chi connectivity index (χ4n) is 2.94. The maximum Gasteiger partial charge on any atom is 0.339 e. The van der Waals surface area contributed by atoms with Gasteiger partial charge in [0.1, 0.15) is 0 Å². The van der Waals surface area contributed by atoms with Crippen LogP contribution in [0, 0.1) is 13.8 Å². The van der Waals surface area contributed by atoms with E-state index in [4.69, 9.17) is 4.74 Å². The number of carbonyl (C=O) groups is 3. The molecule has 0 atom stereocenters. The zero-order valence-corrected chi connectivity index (χ0v) is 14.1. The molecule has 0 aromatic carbocycles. The molecule has 1 aliphatic rings. The Kier molecular flexibility index (Phi) is 5.20. The van der Waals surface area contributed by atoms with Gasteiger partial charge in [-0.1, -0.05) is 0 Å². The Morgan fingerprint density at radius 1 is 1.13 bits per heavy atom. The largest absolute Gasteiger partial charge is 0.465 e. The maximum absolute atomic E-state index is 12.5. The van der Waals surface area contributed by atoms with E-state index in [1.165, 1.54) is 7.11 Å². The summed E-state index contributed by atoms with van der Waals surface area (Å²) in [5, 5.41) is 0. The number of rotatable bonds is 4. The molecule has 0 aliphatic carbocycles. The molecule has 1 aliphatic heterocycles. The summed E-state index contributed by atoms with van der Waals surface area (Å²) < 4.78 is 4.76. The maximum atomic E-state index is 12.5. The van der Waals surface area contributed by atoms with E-state index in [2.05, 4.69) is 4.98 Å². The predicted octanol–water partition coefficient (Wildman–Crippen LogP) is 0.765. The van der Waals surface area contributed by atoms with Crippen LogP contribution < -0.4 is 0 Å². The zero-order valence-electron chi connectivity index (χ0n) is 14.1. The third kappa shape index (κ3) is 3.61. The van der Waals surface area contributed by atoms with Crippen molar-refractivity contribution in [3.05, 3.63) is 22.5 Å². The Balaban J connectivity index is 2.05. The van der Waals surface area contributed by atoms with E-state index in [1.54, 1.807) is 25.7 Å². The molecule has 1 amide bonds. The van der Waals surface area contributed by atoms with Crippen LogP contribution in [-0.2, 0) is 9.53 Å². The first-order valence-corrected chi connectivity index (χ1v) is 7.63. The summed E-state index contributed by atoms with van der Waals surface area (Å²) >= 11 is 0. The smallest absolute Gasteiger partial charge is 0.339 e. The van der Waals surface area contributed by atoms with E-state index in [0.29, 0.717) is 48.7 Å². The lowest BCUT2D eigenvalue weighted by atomic mass is 10.1. The van der Waals surface area contributed by atoms with Gasteiger partial charge in [0.05, 0.1) is 24.9 Å². The summed E-state index contributed by atoms with van der Waals surface area (Å²) in [5.74, 6) is -0.433. The number of aromatic nitrogens is 1. The van der Waals surface area contributed by atoms with E-state index < -0.39 is 5.97 Å². The van der Waals surface area contributed by atoms with Crippen LogP contribution >= 0.6 is 0 Å². The molecule has 1 fully saturated rings. The van der Waals surface area contributed by atoms with E-state index in [0.717, 1.165) is 0 Å². The summed E-state index contributed by atoms with van der Waals surface area (Å²) in [7, 11) is 1.32. The van der Waals surface area contributed by atoms with Crippen LogP contribution in [0.4, 0.5) is 0 Å². The summed E-state index contributed by atoms with van der Waals surface area (Å²) in [6.45, 7) is 7.95. The molecule has 0 radical (unpaired) electrons. The Labute approximate surface area is 135 Å². The normalized spacial score (nSPS) is 15.6. The molecule has 1 N–H and O–H groups in total. The van der Waals surface area contributed by atoms with Crippen molar-refractivity contribution in [3.8, 4) is 0 Å². The molecule has 0 unspecified atom stereocenters. The quantitative estimate of drug-likeness (QED) is 0.654. The molecule has 2 heterocycles. The average molecular weight is 321 g/mol. The van der Waals surface area contributed by atoms with E-state index >= 15 is 0 Å². The molecular formula is C16H23N3O4. The molecule has 1 saturated heterocycles. The number of hydrogen-bond acceptors (Lipinski definition) is 5. The number of esters is 1.